The summed E-state index contributed by atoms with van der Waals surface area (Å²) in [4.78, 5) is 9.02. The molecule has 6 aromatic rings. The van der Waals surface area contributed by atoms with Crippen LogP contribution in [0.3, 0.4) is 0 Å². The van der Waals surface area contributed by atoms with Gasteiger partial charge in [-0.25, -0.2) is 9.97 Å². The van der Waals surface area contributed by atoms with E-state index in [1.807, 2.05) is 18.2 Å². The maximum atomic E-state index is 5.95. The number of aromatic nitrogens is 3. The number of fused-ring (bicyclic) bond motifs is 6. The average Bonchev–Trinajstić information content (AvgIpc) is 3.24. The summed E-state index contributed by atoms with van der Waals surface area (Å²) in [7, 11) is 0. The van der Waals surface area contributed by atoms with E-state index in [0.29, 0.717) is 5.71 Å². The zero-order valence-electron chi connectivity index (χ0n) is 13.8. The number of rotatable bonds is 1. The fourth-order valence-corrected chi connectivity index (χ4v) is 3.86. The molecule has 3 aromatic heterocycles. The van der Waals surface area contributed by atoms with Crippen molar-refractivity contribution in [2.24, 2.45) is 0 Å². The van der Waals surface area contributed by atoms with Gasteiger partial charge in [0, 0.05) is 16.2 Å². The van der Waals surface area contributed by atoms with Gasteiger partial charge in [0.1, 0.15) is 11.9 Å². The van der Waals surface area contributed by atoms with Gasteiger partial charge in [0.2, 0.25) is 5.71 Å². The number of benzene rings is 3. The summed E-state index contributed by atoms with van der Waals surface area (Å²) in [6.45, 7) is 0. The number of para-hydroxylation sites is 3. The van der Waals surface area contributed by atoms with E-state index in [4.69, 9.17) is 4.42 Å². The molecule has 0 atom stereocenters. The zero-order chi connectivity index (χ0) is 17.1. The van der Waals surface area contributed by atoms with Crippen LogP contribution < -0.4 is 0 Å². The highest BCUT2D eigenvalue weighted by Crippen LogP contribution is 2.36. The lowest BCUT2D eigenvalue weighted by Crippen LogP contribution is -1.98. The Balaban J connectivity index is 1.87. The molecule has 0 aliphatic rings. The summed E-state index contributed by atoms with van der Waals surface area (Å²) in [6, 6.07) is 24.8. The van der Waals surface area contributed by atoms with E-state index in [9.17, 15) is 0 Å². The molecule has 0 bridgehead atoms. The lowest BCUT2D eigenvalue weighted by molar-refractivity contribution is 0.652. The normalized spacial score (nSPS) is 11.8. The van der Waals surface area contributed by atoms with Crippen LogP contribution in [0.5, 0.6) is 0 Å². The summed E-state index contributed by atoms with van der Waals surface area (Å²) in [6.07, 6.45) is 1.57. The third-order valence-electron chi connectivity index (χ3n) is 4.95. The van der Waals surface area contributed by atoms with Crippen LogP contribution in [0.25, 0.3) is 49.7 Å². The minimum atomic E-state index is 0.609. The van der Waals surface area contributed by atoms with Crippen molar-refractivity contribution in [1.29, 1.82) is 0 Å². The summed E-state index contributed by atoms with van der Waals surface area (Å²) < 4.78 is 8.16. The largest absolute Gasteiger partial charge is 0.438 e. The standard InChI is InChI=1S/C22H13N3O/c1-4-10-17-14(7-1)15-8-2-5-11-18(15)25(17)21-20-16-9-3-6-12-19(16)26-22(20)24-13-23-21/h1-13H. The van der Waals surface area contributed by atoms with Crippen molar-refractivity contribution >= 4 is 43.9 Å². The Kier molecular flexibility index (Phi) is 2.58. The van der Waals surface area contributed by atoms with Crippen molar-refractivity contribution < 1.29 is 4.42 Å². The second-order valence-corrected chi connectivity index (χ2v) is 6.35. The summed E-state index contributed by atoms with van der Waals surface area (Å²) in [5.41, 5.74) is 3.68. The molecule has 3 heterocycles. The third-order valence-corrected chi connectivity index (χ3v) is 4.95. The minimum Gasteiger partial charge on any atom is -0.438 e. The molecule has 122 valence electrons. The van der Waals surface area contributed by atoms with Gasteiger partial charge in [-0.05, 0) is 18.2 Å². The SMILES string of the molecule is c1ccc2c(c1)oc1ncnc(-n3c4ccccc4c4ccccc43)c12. The topological polar surface area (TPSA) is 43.9 Å². The summed E-state index contributed by atoms with van der Waals surface area (Å²) >= 11 is 0. The van der Waals surface area contributed by atoms with Crippen molar-refractivity contribution in [2.75, 3.05) is 0 Å². The molecule has 0 aliphatic heterocycles. The monoisotopic (exact) mass is 335 g/mol. The molecule has 3 aromatic carbocycles. The van der Waals surface area contributed by atoms with Crippen molar-refractivity contribution in [3.05, 3.63) is 79.1 Å². The Morgan fingerprint density at radius 2 is 1.27 bits per heavy atom. The van der Waals surface area contributed by atoms with Gasteiger partial charge < -0.3 is 4.42 Å². The van der Waals surface area contributed by atoms with Crippen LogP contribution in [0.4, 0.5) is 0 Å². The molecule has 0 fully saturated rings. The molecule has 0 saturated carbocycles. The van der Waals surface area contributed by atoms with Gasteiger partial charge in [-0.2, -0.15) is 0 Å². The number of hydrogen-bond donors (Lipinski definition) is 0. The van der Waals surface area contributed by atoms with Gasteiger partial charge in [0.05, 0.1) is 16.4 Å². The van der Waals surface area contributed by atoms with Crippen molar-refractivity contribution in [3.63, 3.8) is 0 Å². The van der Waals surface area contributed by atoms with Gasteiger partial charge in [-0.3, -0.25) is 4.57 Å². The second kappa shape index (κ2) is 4.92. The maximum Gasteiger partial charge on any atom is 0.232 e. The molecule has 0 unspecified atom stereocenters. The maximum absolute atomic E-state index is 5.95. The molecule has 0 radical (unpaired) electrons. The Bertz CT molecular complexity index is 1390. The van der Waals surface area contributed by atoms with E-state index < -0.39 is 0 Å². The second-order valence-electron chi connectivity index (χ2n) is 6.35. The lowest BCUT2D eigenvalue weighted by Gasteiger charge is -2.07. The van der Waals surface area contributed by atoms with Gasteiger partial charge in [-0.1, -0.05) is 54.6 Å². The molecule has 0 spiro atoms. The smallest absolute Gasteiger partial charge is 0.232 e. The van der Waals surface area contributed by atoms with E-state index in [-0.39, 0.29) is 0 Å². The van der Waals surface area contributed by atoms with E-state index in [1.165, 1.54) is 10.8 Å². The first kappa shape index (κ1) is 13.6. The van der Waals surface area contributed by atoms with Crippen LogP contribution in [-0.4, -0.2) is 14.5 Å². The first-order valence-electron chi connectivity index (χ1n) is 8.52. The predicted octanol–water partition coefficient (Wildman–Crippen LogP) is 5.47. The number of nitrogens with zero attached hydrogens (tertiary/aromatic N) is 3. The van der Waals surface area contributed by atoms with E-state index in [1.54, 1.807) is 6.33 Å². The predicted molar refractivity (Wildman–Crippen MR) is 104 cm³/mol. The molecule has 4 heteroatoms. The Morgan fingerprint density at radius 1 is 0.654 bits per heavy atom. The molecule has 0 saturated heterocycles. The van der Waals surface area contributed by atoms with Crippen molar-refractivity contribution in [3.8, 4) is 5.82 Å². The van der Waals surface area contributed by atoms with Crippen LogP contribution in [0.2, 0.25) is 0 Å². The Hall–Kier alpha value is -3.66. The number of hydrogen-bond acceptors (Lipinski definition) is 3. The Labute approximate surface area is 148 Å². The molecule has 0 amide bonds. The quantitative estimate of drug-likeness (QED) is 0.400. The van der Waals surface area contributed by atoms with Crippen LogP contribution in [-0.2, 0) is 0 Å². The fourth-order valence-electron chi connectivity index (χ4n) is 3.86. The molecule has 6 rings (SSSR count). The highest BCUT2D eigenvalue weighted by molar-refractivity contribution is 6.12. The average molecular weight is 335 g/mol. The summed E-state index contributed by atoms with van der Waals surface area (Å²) in [5, 5.41) is 4.39. The zero-order valence-corrected chi connectivity index (χ0v) is 13.8. The highest BCUT2D eigenvalue weighted by Gasteiger charge is 2.18. The van der Waals surface area contributed by atoms with E-state index in [2.05, 4.69) is 69.1 Å². The van der Waals surface area contributed by atoms with Crippen LogP contribution in [0, 0.1) is 0 Å². The van der Waals surface area contributed by atoms with E-state index in [0.717, 1.165) is 33.2 Å². The molecular weight excluding hydrogens is 322 g/mol. The Morgan fingerprint density at radius 3 is 2.00 bits per heavy atom. The third kappa shape index (κ3) is 1.68. The number of furan rings is 1. The van der Waals surface area contributed by atoms with Crippen molar-refractivity contribution in [1.82, 2.24) is 14.5 Å². The fraction of sp³-hybridized carbons (Fsp3) is 0. The van der Waals surface area contributed by atoms with E-state index >= 15 is 0 Å². The lowest BCUT2D eigenvalue weighted by atomic mass is 10.2. The first-order chi connectivity index (χ1) is 12.9. The molecule has 0 aliphatic carbocycles. The van der Waals surface area contributed by atoms with Gasteiger partial charge >= 0.3 is 0 Å². The molecule has 0 N–H and O–H groups in total. The van der Waals surface area contributed by atoms with Gasteiger partial charge in [0.25, 0.3) is 0 Å². The van der Waals surface area contributed by atoms with Crippen LogP contribution in [0.15, 0.2) is 83.5 Å². The van der Waals surface area contributed by atoms with Gasteiger partial charge in [0.15, 0.2) is 5.82 Å². The van der Waals surface area contributed by atoms with Crippen LogP contribution >= 0.6 is 0 Å². The van der Waals surface area contributed by atoms with Crippen LogP contribution in [0.1, 0.15) is 0 Å². The highest BCUT2D eigenvalue weighted by atomic mass is 16.3. The van der Waals surface area contributed by atoms with Crippen molar-refractivity contribution in [2.45, 2.75) is 0 Å². The first-order valence-corrected chi connectivity index (χ1v) is 8.52. The minimum absolute atomic E-state index is 0.609. The molecule has 26 heavy (non-hydrogen) atoms. The molecular formula is C22H13N3O. The summed E-state index contributed by atoms with van der Waals surface area (Å²) in [5.74, 6) is 0.845. The molecule has 4 nitrogen and oxygen atoms in total. The van der Waals surface area contributed by atoms with Gasteiger partial charge in [-0.15, -0.1) is 0 Å².